The van der Waals surface area contributed by atoms with Crippen LogP contribution < -0.4 is 0 Å². The molecule has 0 unspecified atom stereocenters. The van der Waals surface area contributed by atoms with E-state index in [0.717, 1.165) is 0 Å². The molecule has 3 saturated heterocycles. The van der Waals surface area contributed by atoms with Crippen LogP contribution in [0.25, 0.3) is 0 Å². The molecule has 0 aromatic carbocycles. The van der Waals surface area contributed by atoms with Gasteiger partial charge in [-0.05, 0) is 13.8 Å². The molecular weight excluding hydrogens is 236 g/mol. The summed E-state index contributed by atoms with van der Waals surface area (Å²) >= 11 is 5.81. The van der Waals surface area contributed by atoms with Gasteiger partial charge in [-0.2, -0.15) is 0 Å². The Morgan fingerprint density at radius 3 is 2.81 bits per heavy atom. The average Bonchev–Trinajstić information content (AvgIpc) is 2.60. The summed E-state index contributed by atoms with van der Waals surface area (Å²) in [6.07, 6.45) is -0.959. The quantitative estimate of drug-likeness (QED) is 0.469. The minimum atomic E-state index is -0.690. The molecule has 3 fully saturated rings. The molecule has 6 heteroatoms. The van der Waals surface area contributed by atoms with Gasteiger partial charge in [-0.15, -0.1) is 11.6 Å². The largest absolute Gasteiger partial charge is 0.455 e. The number of rotatable bonds is 0. The SMILES string of the molecule is CC1(C)O[C@@H]2O[C@@H]3C[C@H](Cl)C(=O)O[C@@H]3[C@@H]2O1. The Morgan fingerprint density at radius 2 is 2.06 bits per heavy atom. The highest BCUT2D eigenvalue weighted by Gasteiger charge is 2.58. The lowest BCUT2D eigenvalue weighted by molar-refractivity contribution is -0.224. The van der Waals surface area contributed by atoms with Gasteiger partial charge >= 0.3 is 5.97 Å². The maximum absolute atomic E-state index is 11.4. The average molecular weight is 249 g/mol. The van der Waals surface area contributed by atoms with Crippen LogP contribution in [0.2, 0.25) is 0 Å². The number of esters is 1. The molecule has 0 amide bonds. The Morgan fingerprint density at radius 1 is 1.31 bits per heavy atom. The fourth-order valence-corrected chi connectivity index (χ4v) is 2.61. The minimum absolute atomic E-state index is 0.216. The summed E-state index contributed by atoms with van der Waals surface area (Å²) in [4.78, 5) is 11.4. The zero-order chi connectivity index (χ0) is 11.5. The van der Waals surface area contributed by atoms with Gasteiger partial charge in [-0.1, -0.05) is 0 Å². The Kier molecular flexibility index (Phi) is 2.24. The second-order valence-corrected chi connectivity index (χ2v) is 5.27. The standard InChI is InChI=1S/C10H13ClO5/c1-10(2)15-7-6-5(13-9(7)16-10)3-4(11)8(12)14-6/h4-7,9H,3H2,1-2H3/t4-,5+,6-,7-,9-/m0/s1. The maximum atomic E-state index is 11.4. The van der Waals surface area contributed by atoms with Crippen LogP contribution in [0.3, 0.4) is 0 Å². The van der Waals surface area contributed by atoms with E-state index in [9.17, 15) is 4.79 Å². The first-order valence-electron chi connectivity index (χ1n) is 5.32. The summed E-state index contributed by atoms with van der Waals surface area (Å²) in [7, 11) is 0. The lowest BCUT2D eigenvalue weighted by Crippen LogP contribution is -2.45. The van der Waals surface area contributed by atoms with E-state index in [2.05, 4.69) is 0 Å². The van der Waals surface area contributed by atoms with Gasteiger partial charge in [0.1, 0.15) is 11.5 Å². The van der Waals surface area contributed by atoms with Gasteiger partial charge < -0.3 is 18.9 Å². The van der Waals surface area contributed by atoms with Crippen LogP contribution in [0.4, 0.5) is 0 Å². The van der Waals surface area contributed by atoms with Gasteiger partial charge in [0.05, 0.1) is 0 Å². The van der Waals surface area contributed by atoms with E-state index in [4.69, 9.17) is 30.5 Å². The van der Waals surface area contributed by atoms with Crippen LogP contribution in [0.1, 0.15) is 20.3 Å². The number of hydrogen-bond acceptors (Lipinski definition) is 5. The summed E-state index contributed by atoms with van der Waals surface area (Å²) in [6, 6.07) is 0. The van der Waals surface area contributed by atoms with Crippen LogP contribution in [0, 0.1) is 0 Å². The van der Waals surface area contributed by atoms with Crippen LogP contribution in [-0.4, -0.2) is 41.7 Å². The molecule has 5 nitrogen and oxygen atoms in total. The number of carbonyl (C=O) groups excluding carboxylic acids is 1. The Bertz CT molecular complexity index is 331. The van der Waals surface area contributed by atoms with Crippen LogP contribution in [-0.2, 0) is 23.7 Å². The van der Waals surface area contributed by atoms with E-state index < -0.39 is 29.5 Å². The second kappa shape index (κ2) is 3.32. The molecule has 0 N–H and O–H groups in total. The zero-order valence-corrected chi connectivity index (χ0v) is 9.77. The Hall–Kier alpha value is -0.360. The molecule has 3 aliphatic heterocycles. The minimum Gasteiger partial charge on any atom is -0.455 e. The van der Waals surface area contributed by atoms with Crippen molar-refractivity contribution in [1.29, 1.82) is 0 Å². The topological polar surface area (TPSA) is 54.0 Å². The third kappa shape index (κ3) is 1.54. The predicted octanol–water partition coefficient (Wildman–Crippen LogP) is 0.786. The molecule has 90 valence electrons. The van der Waals surface area contributed by atoms with E-state index in [0.29, 0.717) is 6.42 Å². The number of hydrogen-bond donors (Lipinski definition) is 0. The number of carbonyl (C=O) groups is 1. The molecule has 3 heterocycles. The monoisotopic (exact) mass is 248 g/mol. The summed E-state index contributed by atoms with van der Waals surface area (Å²) in [5, 5.41) is -0.631. The summed E-state index contributed by atoms with van der Waals surface area (Å²) in [5.41, 5.74) is 0. The fraction of sp³-hybridized carbons (Fsp3) is 0.900. The number of alkyl halides is 1. The normalized spacial score (nSPS) is 49.7. The van der Waals surface area contributed by atoms with E-state index in [1.165, 1.54) is 0 Å². The third-order valence-electron chi connectivity index (χ3n) is 3.03. The lowest BCUT2D eigenvalue weighted by atomic mass is 10.0. The van der Waals surface area contributed by atoms with Crippen LogP contribution >= 0.6 is 11.6 Å². The third-order valence-corrected chi connectivity index (χ3v) is 3.39. The van der Waals surface area contributed by atoms with Crippen LogP contribution in [0.15, 0.2) is 0 Å². The number of halogens is 1. The van der Waals surface area contributed by atoms with Crippen molar-refractivity contribution >= 4 is 17.6 Å². The van der Waals surface area contributed by atoms with Gasteiger partial charge in [0, 0.05) is 6.42 Å². The van der Waals surface area contributed by atoms with Crippen molar-refractivity contribution in [2.24, 2.45) is 0 Å². The molecule has 0 aromatic rings. The van der Waals surface area contributed by atoms with Crippen molar-refractivity contribution in [3.8, 4) is 0 Å². The molecule has 5 atom stereocenters. The molecule has 0 bridgehead atoms. The molecule has 3 rings (SSSR count). The first kappa shape index (κ1) is 10.8. The van der Waals surface area contributed by atoms with Gasteiger partial charge in [0.25, 0.3) is 0 Å². The highest BCUT2D eigenvalue weighted by molar-refractivity contribution is 6.30. The van der Waals surface area contributed by atoms with Crippen molar-refractivity contribution in [3.05, 3.63) is 0 Å². The van der Waals surface area contributed by atoms with Crippen LogP contribution in [0.5, 0.6) is 0 Å². The van der Waals surface area contributed by atoms with E-state index in [1.807, 2.05) is 0 Å². The molecule has 16 heavy (non-hydrogen) atoms. The van der Waals surface area contributed by atoms with E-state index in [1.54, 1.807) is 13.8 Å². The van der Waals surface area contributed by atoms with E-state index >= 15 is 0 Å². The Balaban J connectivity index is 1.79. The Labute approximate surface area is 97.9 Å². The maximum Gasteiger partial charge on any atom is 0.324 e. The van der Waals surface area contributed by atoms with Gasteiger partial charge in [-0.3, -0.25) is 4.79 Å². The molecule has 0 radical (unpaired) electrons. The molecule has 0 aromatic heterocycles. The van der Waals surface area contributed by atoms with Crippen molar-refractivity contribution in [3.63, 3.8) is 0 Å². The number of fused-ring (bicyclic) bond motifs is 3. The second-order valence-electron chi connectivity index (χ2n) is 4.75. The van der Waals surface area contributed by atoms with Crippen molar-refractivity contribution in [1.82, 2.24) is 0 Å². The summed E-state index contributed by atoms with van der Waals surface area (Å²) in [5.74, 6) is -1.09. The smallest absolute Gasteiger partial charge is 0.324 e. The van der Waals surface area contributed by atoms with Crippen molar-refractivity contribution in [2.75, 3.05) is 0 Å². The first-order chi connectivity index (χ1) is 7.46. The molecular formula is C10H13ClO5. The van der Waals surface area contributed by atoms with E-state index in [-0.39, 0.29) is 12.2 Å². The summed E-state index contributed by atoms with van der Waals surface area (Å²) < 4.78 is 22.1. The predicted molar refractivity (Wildman–Crippen MR) is 52.8 cm³/mol. The van der Waals surface area contributed by atoms with Gasteiger partial charge in [0.2, 0.25) is 0 Å². The highest BCUT2D eigenvalue weighted by atomic mass is 35.5. The molecule has 0 saturated carbocycles. The molecule has 0 aliphatic carbocycles. The summed E-state index contributed by atoms with van der Waals surface area (Å²) in [6.45, 7) is 3.61. The van der Waals surface area contributed by atoms with Gasteiger partial charge in [0.15, 0.2) is 24.3 Å². The molecule has 3 aliphatic rings. The highest BCUT2D eigenvalue weighted by Crippen LogP contribution is 2.42. The van der Waals surface area contributed by atoms with Gasteiger partial charge in [-0.25, -0.2) is 0 Å². The number of ether oxygens (including phenoxy) is 4. The van der Waals surface area contributed by atoms with Crippen molar-refractivity contribution in [2.45, 2.75) is 56.0 Å². The lowest BCUT2D eigenvalue weighted by Gasteiger charge is -2.30. The van der Waals surface area contributed by atoms with Crippen molar-refractivity contribution < 1.29 is 23.7 Å². The zero-order valence-electron chi connectivity index (χ0n) is 9.01. The fourth-order valence-electron chi connectivity index (χ4n) is 2.39. The molecule has 0 spiro atoms. The first-order valence-corrected chi connectivity index (χ1v) is 5.75.